The average Bonchev–Trinajstić information content (AvgIpc) is 3.31. The first kappa shape index (κ1) is 26.5. The van der Waals surface area contributed by atoms with Gasteiger partial charge in [-0.15, -0.1) is 6.58 Å². The summed E-state index contributed by atoms with van der Waals surface area (Å²) < 4.78 is 10.3. The van der Waals surface area contributed by atoms with Gasteiger partial charge in [-0.2, -0.15) is 0 Å². The Bertz CT molecular complexity index is 539. The van der Waals surface area contributed by atoms with Gasteiger partial charge in [-0.05, 0) is 13.3 Å². The lowest BCUT2D eigenvalue weighted by molar-refractivity contribution is -0.163. The Morgan fingerprint density at radius 2 is 1.40 bits per heavy atom. The van der Waals surface area contributed by atoms with Gasteiger partial charge in [-0.3, -0.25) is 4.79 Å². The van der Waals surface area contributed by atoms with E-state index in [1.165, 1.54) is 77.0 Å². The number of carbonyl (C=O) groups is 2. The molecule has 0 aromatic rings. The third kappa shape index (κ3) is 11.0. The largest absolute Gasteiger partial charge is 0.411 e. The minimum atomic E-state index is -1.42. The molecule has 1 heterocycles. The zero-order valence-corrected chi connectivity index (χ0v) is 19.5. The number of epoxide rings is 1. The van der Waals surface area contributed by atoms with Crippen molar-refractivity contribution < 1.29 is 19.1 Å². The molecule has 0 amide bonds. The van der Waals surface area contributed by atoms with Gasteiger partial charge < -0.3 is 9.47 Å². The average molecular weight is 421 g/mol. The van der Waals surface area contributed by atoms with Crippen molar-refractivity contribution in [3.63, 3.8) is 0 Å². The summed E-state index contributed by atoms with van der Waals surface area (Å²) in [7, 11) is 0. The van der Waals surface area contributed by atoms with Gasteiger partial charge in [-0.1, -0.05) is 115 Å². The van der Waals surface area contributed by atoms with Crippen LogP contribution in [-0.2, 0) is 19.1 Å². The van der Waals surface area contributed by atoms with Crippen LogP contribution in [0.1, 0.15) is 117 Å². The molecule has 1 fully saturated rings. The molecule has 0 aliphatic carbocycles. The van der Waals surface area contributed by atoms with Gasteiger partial charge in [0.05, 0.1) is 12.3 Å². The highest BCUT2D eigenvalue weighted by molar-refractivity contribution is 5.94. The molecule has 172 valence electrons. The minimum Gasteiger partial charge on any atom is -0.411 e. The molecule has 30 heavy (non-hydrogen) atoms. The molecule has 0 aromatic heterocycles. The standard InChI is InChI=1S/C26H44O4/c1-5-7-8-9-10-11-12-13-14-15-16-17-18-19-20-23(6-2)24(27)29-26(21-22(3)4)25(28)30-26/h6,23H,2-3,5,7-21H2,1,4H3. The lowest BCUT2D eigenvalue weighted by atomic mass is 9.99. The molecular formula is C26H44O4. The van der Waals surface area contributed by atoms with Crippen molar-refractivity contribution in [2.75, 3.05) is 0 Å². The Labute approximate surface area is 184 Å². The van der Waals surface area contributed by atoms with Crippen LogP contribution in [0, 0.1) is 5.92 Å². The monoisotopic (exact) mass is 420 g/mol. The SMILES string of the molecule is C=CC(CCCCCCCCCCCCCCCC)C(=O)OC1(CC(=C)C)OC1=O. The van der Waals surface area contributed by atoms with Gasteiger partial charge in [0.1, 0.15) is 0 Å². The van der Waals surface area contributed by atoms with E-state index < -0.39 is 17.7 Å². The van der Waals surface area contributed by atoms with E-state index in [0.717, 1.165) is 18.4 Å². The summed E-state index contributed by atoms with van der Waals surface area (Å²) in [5, 5.41) is 0. The topological polar surface area (TPSA) is 55.9 Å². The predicted octanol–water partition coefficient (Wildman–Crippen LogP) is 7.42. The Kier molecular flexibility index (Phi) is 13.5. The molecule has 1 aliphatic rings. The molecule has 1 saturated heterocycles. The quantitative estimate of drug-likeness (QED) is 0.0889. The molecule has 2 atom stereocenters. The number of cyclic esters (lactones) is 1. The van der Waals surface area contributed by atoms with Gasteiger partial charge in [0, 0.05) is 0 Å². The van der Waals surface area contributed by atoms with Crippen molar-refractivity contribution in [2.45, 2.75) is 122 Å². The number of rotatable bonds is 20. The Balaban J connectivity index is 2.02. The zero-order chi connectivity index (χ0) is 22.2. The van der Waals surface area contributed by atoms with Crippen molar-refractivity contribution in [3.8, 4) is 0 Å². The summed E-state index contributed by atoms with van der Waals surface area (Å²) in [6.07, 6.45) is 20.8. The summed E-state index contributed by atoms with van der Waals surface area (Å²) in [6, 6.07) is 0. The third-order valence-corrected chi connectivity index (χ3v) is 5.78. The number of carbonyl (C=O) groups excluding carboxylic acids is 2. The van der Waals surface area contributed by atoms with Crippen molar-refractivity contribution in [1.29, 1.82) is 0 Å². The number of hydrogen-bond acceptors (Lipinski definition) is 4. The first-order valence-corrected chi connectivity index (χ1v) is 12.2. The van der Waals surface area contributed by atoms with Crippen molar-refractivity contribution >= 4 is 11.9 Å². The number of esters is 1. The molecule has 0 aromatic carbocycles. The highest BCUT2D eigenvalue weighted by Crippen LogP contribution is 2.37. The van der Waals surface area contributed by atoms with Crippen LogP contribution >= 0.6 is 0 Å². The zero-order valence-electron chi connectivity index (χ0n) is 19.5. The lowest BCUT2D eigenvalue weighted by Crippen LogP contribution is -2.27. The summed E-state index contributed by atoms with van der Waals surface area (Å²) in [5.74, 6) is -2.72. The van der Waals surface area contributed by atoms with Crippen LogP contribution in [0.15, 0.2) is 24.8 Å². The second kappa shape index (κ2) is 15.3. The highest BCUT2D eigenvalue weighted by atomic mass is 16.8. The maximum atomic E-state index is 12.4. The molecule has 4 nitrogen and oxygen atoms in total. The summed E-state index contributed by atoms with van der Waals surface area (Å²) in [4.78, 5) is 23.9. The molecule has 0 spiro atoms. The van der Waals surface area contributed by atoms with E-state index >= 15 is 0 Å². The van der Waals surface area contributed by atoms with Crippen LogP contribution in [0.4, 0.5) is 0 Å². The van der Waals surface area contributed by atoms with Crippen LogP contribution in [-0.4, -0.2) is 17.7 Å². The molecule has 0 saturated carbocycles. The van der Waals surface area contributed by atoms with E-state index in [9.17, 15) is 9.59 Å². The van der Waals surface area contributed by atoms with Crippen molar-refractivity contribution in [3.05, 3.63) is 24.8 Å². The molecule has 2 unspecified atom stereocenters. The number of unbranched alkanes of at least 4 members (excludes halogenated alkanes) is 13. The minimum absolute atomic E-state index is 0.223. The summed E-state index contributed by atoms with van der Waals surface area (Å²) >= 11 is 0. The van der Waals surface area contributed by atoms with Crippen LogP contribution < -0.4 is 0 Å². The van der Waals surface area contributed by atoms with Crippen LogP contribution in [0.2, 0.25) is 0 Å². The number of hydrogen-bond donors (Lipinski definition) is 0. The second-order valence-electron chi connectivity index (χ2n) is 8.92. The first-order chi connectivity index (χ1) is 14.4. The normalized spacial score (nSPS) is 18.5. The maximum absolute atomic E-state index is 12.4. The van der Waals surface area contributed by atoms with E-state index in [0.29, 0.717) is 6.42 Å². The van der Waals surface area contributed by atoms with Gasteiger partial charge in [-0.25, -0.2) is 4.79 Å². The van der Waals surface area contributed by atoms with Crippen LogP contribution in [0.3, 0.4) is 0 Å². The summed E-state index contributed by atoms with van der Waals surface area (Å²) in [6.45, 7) is 11.6. The van der Waals surface area contributed by atoms with E-state index in [1.54, 1.807) is 13.0 Å². The Morgan fingerprint density at radius 1 is 0.967 bits per heavy atom. The van der Waals surface area contributed by atoms with Gasteiger partial charge >= 0.3 is 17.7 Å². The van der Waals surface area contributed by atoms with Gasteiger partial charge in [0.2, 0.25) is 0 Å². The van der Waals surface area contributed by atoms with Gasteiger partial charge in [0.25, 0.3) is 0 Å². The first-order valence-electron chi connectivity index (χ1n) is 12.2. The third-order valence-electron chi connectivity index (χ3n) is 5.78. The fourth-order valence-electron chi connectivity index (χ4n) is 3.86. The fraction of sp³-hybridized carbons (Fsp3) is 0.769. The maximum Gasteiger partial charge on any atom is 0.397 e. The lowest BCUT2D eigenvalue weighted by Gasteiger charge is -2.15. The molecular weight excluding hydrogens is 376 g/mol. The smallest absolute Gasteiger partial charge is 0.397 e. The molecule has 0 radical (unpaired) electrons. The molecule has 0 N–H and O–H groups in total. The van der Waals surface area contributed by atoms with E-state index in [2.05, 4.69) is 20.1 Å². The molecule has 1 aliphatic heterocycles. The molecule has 0 bridgehead atoms. The Hall–Kier alpha value is -1.58. The van der Waals surface area contributed by atoms with Crippen LogP contribution in [0.25, 0.3) is 0 Å². The van der Waals surface area contributed by atoms with Crippen molar-refractivity contribution in [2.24, 2.45) is 5.92 Å². The van der Waals surface area contributed by atoms with Gasteiger partial charge in [0.15, 0.2) is 0 Å². The van der Waals surface area contributed by atoms with E-state index in [1.807, 2.05) is 0 Å². The van der Waals surface area contributed by atoms with E-state index in [4.69, 9.17) is 9.47 Å². The molecule has 4 heteroatoms. The summed E-state index contributed by atoms with van der Waals surface area (Å²) in [5.41, 5.74) is 0.746. The predicted molar refractivity (Wildman–Crippen MR) is 123 cm³/mol. The fourth-order valence-corrected chi connectivity index (χ4v) is 3.86. The number of ether oxygens (including phenoxy) is 2. The Morgan fingerprint density at radius 3 is 1.77 bits per heavy atom. The van der Waals surface area contributed by atoms with Crippen molar-refractivity contribution in [1.82, 2.24) is 0 Å². The van der Waals surface area contributed by atoms with Crippen LogP contribution in [0.5, 0.6) is 0 Å². The molecule has 1 rings (SSSR count). The second-order valence-corrected chi connectivity index (χ2v) is 8.92. The van der Waals surface area contributed by atoms with E-state index in [-0.39, 0.29) is 12.3 Å². The highest BCUT2D eigenvalue weighted by Gasteiger charge is 2.62.